The third kappa shape index (κ3) is 3.55. The first-order valence-electron chi connectivity index (χ1n) is 5.28. The van der Waals surface area contributed by atoms with Gasteiger partial charge in [-0.2, -0.15) is 17.0 Å². The Labute approximate surface area is 110 Å². The van der Waals surface area contributed by atoms with Crippen molar-refractivity contribution in [2.24, 2.45) is 0 Å². The molecule has 0 atom stereocenters. The molecule has 0 aliphatic carbocycles. The van der Waals surface area contributed by atoms with E-state index in [1.165, 1.54) is 21.1 Å². The van der Waals surface area contributed by atoms with Crippen molar-refractivity contribution in [1.29, 1.82) is 0 Å². The smallest absolute Gasteiger partial charge is 0.281 e. The molecule has 0 heterocycles. The highest BCUT2D eigenvalue weighted by atomic mass is 32.2. The summed E-state index contributed by atoms with van der Waals surface area (Å²) in [6.45, 7) is -0.525. The fraction of sp³-hybridized carbons (Fsp3) is 0.364. The minimum absolute atomic E-state index is 0.345. The molecule has 0 N–H and O–H groups in total. The van der Waals surface area contributed by atoms with Crippen molar-refractivity contribution in [2.75, 3.05) is 27.7 Å². The summed E-state index contributed by atoms with van der Waals surface area (Å²) >= 11 is 0. The second kappa shape index (κ2) is 5.72. The van der Waals surface area contributed by atoms with Gasteiger partial charge in [0, 0.05) is 27.2 Å². The monoisotopic (exact) mass is 292 g/mol. The molecule has 0 spiro atoms. The lowest BCUT2D eigenvalue weighted by atomic mass is 10.1. The third-order valence-electron chi connectivity index (χ3n) is 2.45. The molecule has 8 heteroatoms. The summed E-state index contributed by atoms with van der Waals surface area (Å²) in [6.07, 6.45) is 0. The number of carbonyl (C=O) groups excluding carboxylic acids is 1. The summed E-state index contributed by atoms with van der Waals surface area (Å²) < 4.78 is 51.2. The number of likely N-dealkylation sites (N-methyl/N-ethyl adjacent to an activating group) is 1. The molecular formula is C11H14F2N2O3S. The standard InChI is InChI=1S/C11H14F2N2O3S/c1-14(2)19(17,18)15(3)7-11(16)9-5-4-8(12)6-10(9)13/h4-6H,7H2,1-3H3. The van der Waals surface area contributed by atoms with E-state index in [2.05, 4.69) is 0 Å². The highest BCUT2D eigenvalue weighted by Crippen LogP contribution is 2.12. The zero-order chi connectivity index (χ0) is 14.8. The molecular weight excluding hydrogens is 278 g/mol. The Morgan fingerprint density at radius 1 is 1.21 bits per heavy atom. The van der Waals surface area contributed by atoms with E-state index in [9.17, 15) is 22.0 Å². The fourth-order valence-electron chi connectivity index (χ4n) is 1.36. The second-order valence-electron chi connectivity index (χ2n) is 4.09. The van der Waals surface area contributed by atoms with E-state index in [1.807, 2.05) is 0 Å². The van der Waals surface area contributed by atoms with Gasteiger partial charge in [-0.25, -0.2) is 8.78 Å². The molecule has 1 aromatic carbocycles. The van der Waals surface area contributed by atoms with E-state index in [4.69, 9.17) is 0 Å². The van der Waals surface area contributed by atoms with Crippen molar-refractivity contribution in [2.45, 2.75) is 0 Å². The van der Waals surface area contributed by atoms with Crippen molar-refractivity contribution in [3.8, 4) is 0 Å². The quantitative estimate of drug-likeness (QED) is 0.757. The van der Waals surface area contributed by atoms with Crippen LogP contribution in [0.5, 0.6) is 0 Å². The summed E-state index contributed by atoms with van der Waals surface area (Å²) in [5.41, 5.74) is -0.345. The normalized spacial score (nSPS) is 12.2. The van der Waals surface area contributed by atoms with Crippen LogP contribution >= 0.6 is 0 Å². The minimum Gasteiger partial charge on any atom is -0.293 e. The average Bonchev–Trinajstić information content (AvgIpc) is 2.28. The number of halogens is 2. The topological polar surface area (TPSA) is 57.7 Å². The molecule has 106 valence electrons. The van der Waals surface area contributed by atoms with Crippen LogP contribution in [0.25, 0.3) is 0 Å². The van der Waals surface area contributed by atoms with Gasteiger partial charge < -0.3 is 0 Å². The van der Waals surface area contributed by atoms with E-state index in [0.29, 0.717) is 6.07 Å². The van der Waals surface area contributed by atoms with Crippen molar-refractivity contribution in [3.05, 3.63) is 35.4 Å². The molecule has 19 heavy (non-hydrogen) atoms. The molecule has 5 nitrogen and oxygen atoms in total. The molecule has 0 bridgehead atoms. The zero-order valence-electron chi connectivity index (χ0n) is 10.7. The van der Waals surface area contributed by atoms with Gasteiger partial charge in [0.1, 0.15) is 11.6 Å². The second-order valence-corrected chi connectivity index (χ2v) is 6.34. The van der Waals surface area contributed by atoms with E-state index < -0.39 is 34.2 Å². The molecule has 0 aliphatic rings. The van der Waals surface area contributed by atoms with Gasteiger partial charge in [0.25, 0.3) is 10.2 Å². The van der Waals surface area contributed by atoms with Crippen LogP contribution in [0.1, 0.15) is 10.4 Å². The maximum Gasteiger partial charge on any atom is 0.281 e. The number of hydrogen-bond acceptors (Lipinski definition) is 3. The summed E-state index contributed by atoms with van der Waals surface area (Å²) in [7, 11) is 0.0799. The number of ketones is 1. The molecule has 0 unspecified atom stereocenters. The summed E-state index contributed by atoms with van der Waals surface area (Å²) in [4.78, 5) is 11.8. The first-order chi connectivity index (χ1) is 8.66. The lowest BCUT2D eigenvalue weighted by Crippen LogP contribution is -2.40. The molecule has 0 saturated carbocycles. The first kappa shape index (κ1) is 15.7. The molecule has 0 saturated heterocycles. The van der Waals surface area contributed by atoms with Crippen LogP contribution in [-0.4, -0.2) is 50.5 Å². The number of hydrogen-bond donors (Lipinski definition) is 0. The van der Waals surface area contributed by atoms with Gasteiger partial charge in [0.15, 0.2) is 5.78 Å². The molecule has 1 aromatic rings. The van der Waals surface area contributed by atoms with Crippen LogP contribution < -0.4 is 0 Å². The highest BCUT2D eigenvalue weighted by molar-refractivity contribution is 7.86. The average molecular weight is 292 g/mol. The summed E-state index contributed by atoms with van der Waals surface area (Å²) in [5, 5.41) is 0. The van der Waals surface area contributed by atoms with Gasteiger partial charge in [0.05, 0.1) is 12.1 Å². The van der Waals surface area contributed by atoms with Gasteiger partial charge in [0.2, 0.25) is 0 Å². The maximum atomic E-state index is 13.4. The van der Waals surface area contributed by atoms with Crippen LogP contribution in [0, 0.1) is 11.6 Å². The first-order valence-corrected chi connectivity index (χ1v) is 6.68. The van der Waals surface area contributed by atoms with Crippen molar-refractivity contribution < 1.29 is 22.0 Å². The van der Waals surface area contributed by atoms with Gasteiger partial charge >= 0.3 is 0 Å². The van der Waals surface area contributed by atoms with Crippen LogP contribution in [0.4, 0.5) is 8.78 Å². The van der Waals surface area contributed by atoms with Crippen molar-refractivity contribution in [3.63, 3.8) is 0 Å². The molecule has 1 rings (SSSR count). The van der Waals surface area contributed by atoms with Crippen LogP contribution in [0.2, 0.25) is 0 Å². The predicted octanol–water partition coefficient (Wildman–Crippen LogP) is 0.886. The van der Waals surface area contributed by atoms with Crippen LogP contribution in [0.3, 0.4) is 0 Å². The largest absolute Gasteiger partial charge is 0.293 e. The Hall–Kier alpha value is -1.38. The molecule has 0 fully saturated rings. The van der Waals surface area contributed by atoms with E-state index in [0.717, 1.165) is 20.7 Å². The molecule has 0 radical (unpaired) electrons. The Balaban J connectivity index is 2.92. The minimum atomic E-state index is -3.75. The number of carbonyl (C=O) groups is 1. The van der Waals surface area contributed by atoms with Crippen molar-refractivity contribution >= 4 is 16.0 Å². The summed E-state index contributed by atoms with van der Waals surface area (Å²) in [5.74, 6) is -2.56. The fourth-order valence-corrected chi connectivity index (χ4v) is 2.20. The van der Waals surface area contributed by atoms with Gasteiger partial charge in [-0.15, -0.1) is 0 Å². The maximum absolute atomic E-state index is 13.4. The number of nitrogens with zero attached hydrogens (tertiary/aromatic N) is 2. The Morgan fingerprint density at radius 2 is 1.79 bits per heavy atom. The van der Waals surface area contributed by atoms with Crippen molar-refractivity contribution in [1.82, 2.24) is 8.61 Å². The molecule has 0 aliphatic heterocycles. The zero-order valence-corrected chi connectivity index (χ0v) is 11.5. The molecule has 0 aromatic heterocycles. The predicted molar refractivity (Wildman–Crippen MR) is 65.9 cm³/mol. The Kier molecular flexibility index (Phi) is 4.72. The van der Waals surface area contributed by atoms with Crippen LogP contribution in [0.15, 0.2) is 18.2 Å². The Bertz CT molecular complexity index is 588. The Morgan fingerprint density at radius 3 is 2.26 bits per heavy atom. The molecule has 0 amide bonds. The third-order valence-corrected chi connectivity index (χ3v) is 4.29. The summed E-state index contributed by atoms with van der Waals surface area (Å²) in [6, 6.07) is 2.51. The van der Waals surface area contributed by atoms with E-state index in [-0.39, 0.29) is 5.56 Å². The van der Waals surface area contributed by atoms with Gasteiger partial charge in [-0.1, -0.05) is 0 Å². The van der Waals surface area contributed by atoms with Gasteiger partial charge in [-0.05, 0) is 12.1 Å². The van der Waals surface area contributed by atoms with E-state index in [1.54, 1.807) is 0 Å². The highest BCUT2D eigenvalue weighted by Gasteiger charge is 2.24. The lowest BCUT2D eigenvalue weighted by molar-refractivity contribution is 0.0967. The van der Waals surface area contributed by atoms with Gasteiger partial charge in [-0.3, -0.25) is 4.79 Å². The lowest BCUT2D eigenvalue weighted by Gasteiger charge is -2.20. The number of benzene rings is 1. The van der Waals surface area contributed by atoms with Crippen LogP contribution in [-0.2, 0) is 10.2 Å². The number of rotatable bonds is 5. The number of Topliss-reactive ketones (excluding diaryl/α,β-unsaturated/α-hetero) is 1. The SMILES string of the molecule is CN(C)S(=O)(=O)N(C)CC(=O)c1ccc(F)cc1F. The van der Waals surface area contributed by atoms with E-state index >= 15 is 0 Å².